The van der Waals surface area contributed by atoms with E-state index >= 15 is 0 Å². The number of fused-ring (bicyclic) bond motifs is 1. The molecule has 37 heavy (non-hydrogen) atoms. The van der Waals surface area contributed by atoms with Crippen LogP contribution < -0.4 is 14.8 Å². The highest BCUT2D eigenvalue weighted by Gasteiger charge is 2.17. The van der Waals surface area contributed by atoms with E-state index in [1.807, 2.05) is 53.5 Å². The van der Waals surface area contributed by atoms with Gasteiger partial charge in [-0.2, -0.15) is 5.10 Å². The van der Waals surface area contributed by atoms with E-state index in [1.165, 1.54) is 0 Å². The number of aromatic nitrogens is 7. The quantitative estimate of drug-likeness (QED) is 0.353. The Balaban J connectivity index is 1.22. The van der Waals surface area contributed by atoms with Crippen LogP contribution in [0.2, 0.25) is 0 Å². The van der Waals surface area contributed by atoms with Gasteiger partial charge in [0, 0.05) is 49.0 Å². The van der Waals surface area contributed by atoms with E-state index in [4.69, 9.17) is 24.2 Å². The van der Waals surface area contributed by atoms with Crippen LogP contribution in [0, 0.1) is 0 Å². The molecule has 11 heteroatoms. The van der Waals surface area contributed by atoms with Gasteiger partial charge in [-0.25, -0.2) is 19.5 Å². The van der Waals surface area contributed by atoms with E-state index < -0.39 is 0 Å². The van der Waals surface area contributed by atoms with Gasteiger partial charge in [0.15, 0.2) is 17.2 Å². The lowest BCUT2D eigenvalue weighted by atomic mass is 10.1. The lowest BCUT2D eigenvalue weighted by molar-refractivity contribution is 0.0662. The normalized spacial score (nSPS) is 14.1. The van der Waals surface area contributed by atoms with Gasteiger partial charge in [-0.05, 0) is 37.1 Å². The van der Waals surface area contributed by atoms with Crippen LogP contribution in [0.3, 0.4) is 0 Å². The minimum Gasteiger partial charge on any atom is -0.491 e. The van der Waals surface area contributed by atoms with Gasteiger partial charge in [0.05, 0.1) is 37.8 Å². The first kappa shape index (κ1) is 22.9. The molecule has 6 heterocycles. The highest BCUT2D eigenvalue weighted by molar-refractivity contribution is 5.66. The molecule has 0 saturated carbocycles. The summed E-state index contributed by atoms with van der Waals surface area (Å²) in [6, 6.07) is 11.8. The molecule has 1 aliphatic heterocycles. The van der Waals surface area contributed by atoms with Crippen molar-refractivity contribution < 1.29 is 14.2 Å². The average molecular weight is 499 g/mol. The average Bonchev–Trinajstić information content (AvgIpc) is 3.60. The van der Waals surface area contributed by atoms with E-state index in [-0.39, 0.29) is 0 Å². The van der Waals surface area contributed by atoms with Gasteiger partial charge in [0.25, 0.3) is 5.88 Å². The SMILES string of the molecule is COc1cc(-c2ccn3nc(Nc4cccc(-c5cnn(C6CCOCC6)c5)n4)cc3n2)cnc1OC. The molecule has 0 radical (unpaired) electrons. The minimum absolute atomic E-state index is 0.369. The third-order valence-corrected chi connectivity index (χ3v) is 6.32. The van der Waals surface area contributed by atoms with Crippen molar-refractivity contribution in [1.29, 1.82) is 0 Å². The molecule has 1 fully saturated rings. The third-order valence-electron chi connectivity index (χ3n) is 6.32. The number of nitrogens with zero attached hydrogens (tertiary/aromatic N) is 7. The molecular formula is C26H26N8O3. The van der Waals surface area contributed by atoms with E-state index in [9.17, 15) is 0 Å². The van der Waals surface area contributed by atoms with Gasteiger partial charge in [-0.3, -0.25) is 4.68 Å². The summed E-state index contributed by atoms with van der Waals surface area (Å²) in [4.78, 5) is 13.8. The predicted molar refractivity (Wildman–Crippen MR) is 137 cm³/mol. The molecule has 0 aromatic carbocycles. The Hall–Kier alpha value is -4.51. The molecule has 5 aromatic heterocycles. The van der Waals surface area contributed by atoms with Crippen molar-refractivity contribution in [2.75, 3.05) is 32.8 Å². The Bertz CT molecular complexity index is 1540. The largest absolute Gasteiger partial charge is 0.491 e. The summed E-state index contributed by atoms with van der Waals surface area (Å²) in [7, 11) is 3.14. The second-order valence-electron chi connectivity index (χ2n) is 8.67. The lowest BCUT2D eigenvalue weighted by Gasteiger charge is -2.22. The topological polar surface area (TPSA) is 114 Å². The number of nitrogens with one attached hydrogen (secondary N) is 1. The Morgan fingerprint density at radius 3 is 2.65 bits per heavy atom. The van der Waals surface area contributed by atoms with Crippen LogP contribution in [0.1, 0.15) is 18.9 Å². The predicted octanol–water partition coefficient (Wildman–Crippen LogP) is 4.16. The van der Waals surface area contributed by atoms with Crippen molar-refractivity contribution in [3.63, 3.8) is 0 Å². The summed E-state index contributed by atoms with van der Waals surface area (Å²) in [5.74, 6) is 2.29. The highest BCUT2D eigenvalue weighted by atomic mass is 16.5. The molecule has 0 bridgehead atoms. The zero-order valence-electron chi connectivity index (χ0n) is 20.5. The number of rotatable bonds is 7. The molecule has 0 amide bonds. The minimum atomic E-state index is 0.369. The monoisotopic (exact) mass is 498 g/mol. The van der Waals surface area contributed by atoms with Crippen molar-refractivity contribution >= 4 is 17.3 Å². The van der Waals surface area contributed by atoms with Crippen LogP contribution in [0.4, 0.5) is 11.6 Å². The summed E-state index contributed by atoms with van der Waals surface area (Å²) in [6.45, 7) is 1.55. The Morgan fingerprint density at radius 1 is 0.946 bits per heavy atom. The van der Waals surface area contributed by atoms with Gasteiger partial charge in [-0.1, -0.05) is 6.07 Å². The van der Waals surface area contributed by atoms with Gasteiger partial charge >= 0.3 is 0 Å². The van der Waals surface area contributed by atoms with Crippen LogP contribution in [-0.4, -0.2) is 61.8 Å². The van der Waals surface area contributed by atoms with Crippen LogP contribution in [0.25, 0.3) is 28.2 Å². The second kappa shape index (κ2) is 9.86. The smallest absolute Gasteiger partial charge is 0.256 e. The number of hydrogen-bond donors (Lipinski definition) is 1. The summed E-state index contributed by atoms with van der Waals surface area (Å²) >= 11 is 0. The molecule has 5 aromatic rings. The Labute approximate surface area is 213 Å². The van der Waals surface area contributed by atoms with Gasteiger partial charge in [-0.15, -0.1) is 5.10 Å². The first-order chi connectivity index (χ1) is 18.2. The zero-order chi connectivity index (χ0) is 25.2. The van der Waals surface area contributed by atoms with Crippen molar-refractivity contribution in [2.45, 2.75) is 18.9 Å². The number of ether oxygens (including phenoxy) is 3. The summed E-state index contributed by atoms with van der Waals surface area (Å²) in [5, 5.41) is 12.4. The maximum Gasteiger partial charge on any atom is 0.256 e. The standard InChI is InChI=1S/C26H26N8O3/c1-35-22-12-17(14-27-26(22)36-2)21-6-9-33-25(30-21)13-24(32-33)31-23-5-3-4-20(29-23)18-15-28-34(16-18)19-7-10-37-11-8-19/h3-6,9,12-16,19H,7-8,10-11H2,1-2H3,(H,29,31,32). The van der Waals surface area contributed by atoms with E-state index in [0.717, 1.165) is 48.6 Å². The van der Waals surface area contributed by atoms with E-state index in [2.05, 4.69) is 26.7 Å². The number of hydrogen-bond acceptors (Lipinski definition) is 9. The Kier molecular flexibility index (Phi) is 6.11. The van der Waals surface area contributed by atoms with Crippen LogP contribution >= 0.6 is 0 Å². The zero-order valence-corrected chi connectivity index (χ0v) is 20.5. The van der Waals surface area contributed by atoms with Crippen molar-refractivity contribution in [1.82, 2.24) is 34.3 Å². The number of anilines is 2. The van der Waals surface area contributed by atoms with Gasteiger partial charge in [0.2, 0.25) is 0 Å². The van der Waals surface area contributed by atoms with Crippen LogP contribution in [-0.2, 0) is 4.74 Å². The summed E-state index contributed by atoms with van der Waals surface area (Å²) < 4.78 is 19.8. The first-order valence-electron chi connectivity index (χ1n) is 12.0. The van der Waals surface area contributed by atoms with Crippen LogP contribution in [0.15, 0.2) is 61.2 Å². The van der Waals surface area contributed by atoms with Crippen molar-refractivity contribution in [3.05, 3.63) is 61.2 Å². The van der Waals surface area contributed by atoms with Gasteiger partial charge in [0.1, 0.15) is 5.82 Å². The fraction of sp³-hybridized carbons (Fsp3) is 0.269. The van der Waals surface area contributed by atoms with E-state index in [0.29, 0.717) is 35.0 Å². The fourth-order valence-electron chi connectivity index (χ4n) is 4.39. The summed E-state index contributed by atoms with van der Waals surface area (Å²) in [5.41, 5.74) is 4.05. The third kappa shape index (κ3) is 4.68. The molecule has 0 spiro atoms. The van der Waals surface area contributed by atoms with Crippen LogP contribution in [0.5, 0.6) is 11.6 Å². The summed E-state index contributed by atoms with van der Waals surface area (Å²) in [6.07, 6.45) is 9.43. The first-order valence-corrected chi connectivity index (χ1v) is 12.0. The number of methoxy groups -OCH3 is 2. The molecule has 188 valence electrons. The van der Waals surface area contributed by atoms with Gasteiger partial charge < -0.3 is 19.5 Å². The molecular weight excluding hydrogens is 472 g/mol. The second-order valence-corrected chi connectivity index (χ2v) is 8.67. The number of pyridine rings is 2. The molecule has 1 N–H and O–H groups in total. The molecule has 0 atom stereocenters. The molecule has 1 saturated heterocycles. The fourth-order valence-corrected chi connectivity index (χ4v) is 4.39. The molecule has 0 unspecified atom stereocenters. The molecule has 11 nitrogen and oxygen atoms in total. The Morgan fingerprint density at radius 2 is 1.81 bits per heavy atom. The maximum atomic E-state index is 5.47. The highest BCUT2D eigenvalue weighted by Crippen LogP contribution is 2.30. The lowest BCUT2D eigenvalue weighted by Crippen LogP contribution is -2.19. The molecule has 1 aliphatic rings. The van der Waals surface area contributed by atoms with E-state index in [1.54, 1.807) is 24.9 Å². The maximum absolute atomic E-state index is 5.47. The van der Waals surface area contributed by atoms with Crippen molar-refractivity contribution in [3.8, 4) is 34.1 Å². The van der Waals surface area contributed by atoms with Crippen molar-refractivity contribution in [2.24, 2.45) is 0 Å². The molecule has 6 rings (SSSR count). The molecule has 0 aliphatic carbocycles.